The van der Waals surface area contributed by atoms with Crippen molar-refractivity contribution in [2.45, 2.75) is 58.3 Å². The zero-order valence-corrected chi connectivity index (χ0v) is 12.9. The van der Waals surface area contributed by atoms with Crippen LogP contribution in [0, 0.1) is 6.92 Å². The van der Waals surface area contributed by atoms with Crippen LogP contribution in [0.5, 0.6) is 0 Å². The van der Waals surface area contributed by atoms with E-state index in [0.717, 1.165) is 25.7 Å². The maximum atomic E-state index is 5.72. The minimum absolute atomic E-state index is 0.322. The summed E-state index contributed by atoms with van der Waals surface area (Å²) in [6, 6.07) is 8.12. The van der Waals surface area contributed by atoms with E-state index in [0.29, 0.717) is 12.1 Å². The maximum Gasteiger partial charge on any atom is 0.0723 e. The fraction of sp³-hybridized carbons (Fsp3) is 0.647. The number of aryl methyl sites for hydroxylation is 1. The Morgan fingerprint density at radius 2 is 2.10 bits per heavy atom. The third kappa shape index (κ3) is 3.15. The summed E-state index contributed by atoms with van der Waals surface area (Å²) in [7, 11) is 0. The number of nitrogens with one attached hydrogen (secondary N) is 1. The lowest BCUT2D eigenvalue weighted by Gasteiger charge is -2.38. The molecule has 1 saturated heterocycles. The van der Waals surface area contributed by atoms with Gasteiger partial charge in [0.15, 0.2) is 0 Å². The van der Waals surface area contributed by atoms with Gasteiger partial charge in [-0.3, -0.25) is 0 Å². The van der Waals surface area contributed by atoms with Crippen LogP contribution in [-0.2, 0) is 11.3 Å². The Bertz CT molecular complexity index is 470. The van der Waals surface area contributed by atoms with Gasteiger partial charge in [0, 0.05) is 30.9 Å². The van der Waals surface area contributed by atoms with Crippen molar-refractivity contribution < 1.29 is 4.74 Å². The van der Waals surface area contributed by atoms with Gasteiger partial charge in [0.05, 0.1) is 12.7 Å². The van der Waals surface area contributed by atoms with Crippen LogP contribution in [0.4, 0.5) is 5.69 Å². The standard InChI is InChI=1S/C17H26N2O/c1-12-8-17(19-10-14(3)20-11-13(19)2)7-4-15(12)9-18-16-5-6-16/h4,7-8,13-14,16,18H,5-6,9-11H2,1-3H3. The number of rotatable bonds is 4. The van der Waals surface area contributed by atoms with Gasteiger partial charge < -0.3 is 15.0 Å². The molecule has 110 valence electrons. The van der Waals surface area contributed by atoms with Crippen LogP contribution in [0.2, 0.25) is 0 Å². The van der Waals surface area contributed by atoms with Crippen molar-refractivity contribution in [3.05, 3.63) is 29.3 Å². The zero-order chi connectivity index (χ0) is 14.1. The largest absolute Gasteiger partial charge is 0.375 e. The van der Waals surface area contributed by atoms with Crippen molar-refractivity contribution in [2.75, 3.05) is 18.1 Å². The third-order valence-electron chi connectivity index (χ3n) is 4.42. The summed E-state index contributed by atoms with van der Waals surface area (Å²) in [5.41, 5.74) is 4.15. The van der Waals surface area contributed by atoms with Crippen LogP contribution in [0.15, 0.2) is 18.2 Å². The lowest BCUT2D eigenvalue weighted by molar-refractivity contribution is 0.0344. The normalized spacial score (nSPS) is 26.9. The fourth-order valence-electron chi connectivity index (χ4n) is 2.86. The number of nitrogens with zero attached hydrogens (tertiary/aromatic N) is 1. The van der Waals surface area contributed by atoms with E-state index in [-0.39, 0.29) is 0 Å². The second-order valence-electron chi connectivity index (χ2n) is 6.41. The highest BCUT2D eigenvalue weighted by molar-refractivity contribution is 5.52. The van der Waals surface area contributed by atoms with Crippen molar-refractivity contribution in [3.8, 4) is 0 Å². The highest BCUT2D eigenvalue weighted by Gasteiger charge is 2.24. The minimum atomic E-state index is 0.322. The van der Waals surface area contributed by atoms with Crippen LogP contribution in [0.3, 0.4) is 0 Å². The maximum absolute atomic E-state index is 5.72. The van der Waals surface area contributed by atoms with Gasteiger partial charge in [-0.15, -0.1) is 0 Å². The summed E-state index contributed by atoms with van der Waals surface area (Å²) in [5, 5.41) is 3.59. The Balaban J connectivity index is 1.71. The molecule has 0 spiro atoms. The van der Waals surface area contributed by atoms with Crippen LogP contribution in [0.1, 0.15) is 37.8 Å². The molecular weight excluding hydrogens is 248 g/mol. The molecule has 1 aromatic carbocycles. The molecule has 20 heavy (non-hydrogen) atoms. The zero-order valence-electron chi connectivity index (χ0n) is 12.9. The van der Waals surface area contributed by atoms with Gasteiger partial charge in [-0.1, -0.05) is 6.07 Å². The van der Waals surface area contributed by atoms with Gasteiger partial charge in [0.2, 0.25) is 0 Å². The van der Waals surface area contributed by atoms with Crippen LogP contribution in [0.25, 0.3) is 0 Å². The van der Waals surface area contributed by atoms with E-state index in [1.807, 2.05) is 0 Å². The molecule has 2 unspecified atom stereocenters. The lowest BCUT2D eigenvalue weighted by atomic mass is 10.1. The molecule has 1 saturated carbocycles. The molecular formula is C17H26N2O. The molecule has 3 heteroatoms. The second-order valence-corrected chi connectivity index (χ2v) is 6.41. The van der Waals surface area contributed by atoms with Gasteiger partial charge in [-0.05, 0) is 56.9 Å². The van der Waals surface area contributed by atoms with E-state index in [1.165, 1.54) is 29.7 Å². The summed E-state index contributed by atoms with van der Waals surface area (Å²) in [4.78, 5) is 2.47. The molecule has 2 fully saturated rings. The Kier molecular flexibility index (Phi) is 3.99. The smallest absolute Gasteiger partial charge is 0.0723 e. The minimum Gasteiger partial charge on any atom is -0.375 e. The monoisotopic (exact) mass is 274 g/mol. The average molecular weight is 274 g/mol. The summed E-state index contributed by atoms with van der Waals surface area (Å²) in [6.45, 7) is 9.43. The SMILES string of the molecule is Cc1cc(N2CC(C)OCC2C)ccc1CNC1CC1. The quantitative estimate of drug-likeness (QED) is 0.913. The molecule has 2 atom stereocenters. The number of ether oxygens (including phenoxy) is 1. The first-order valence-corrected chi connectivity index (χ1v) is 7.84. The van der Waals surface area contributed by atoms with Crippen molar-refractivity contribution in [1.82, 2.24) is 5.32 Å². The van der Waals surface area contributed by atoms with E-state index in [4.69, 9.17) is 4.74 Å². The molecule has 2 aliphatic rings. The summed E-state index contributed by atoms with van der Waals surface area (Å²) < 4.78 is 5.72. The Morgan fingerprint density at radius 1 is 1.30 bits per heavy atom. The number of hydrogen-bond donors (Lipinski definition) is 1. The Morgan fingerprint density at radius 3 is 2.80 bits per heavy atom. The second kappa shape index (κ2) is 5.74. The van der Waals surface area contributed by atoms with Crippen molar-refractivity contribution in [3.63, 3.8) is 0 Å². The Hall–Kier alpha value is -1.06. The molecule has 0 radical (unpaired) electrons. The highest BCUT2D eigenvalue weighted by Crippen LogP contribution is 2.25. The van der Waals surface area contributed by atoms with Crippen molar-refractivity contribution in [1.29, 1.82) is 0 Å². The predicted molar refractivity (Wildman–Crippen MR) is 83.3 cm³/mol. The van der Waals surface area contributed by atoms with Gasteiger partial charge in [0.25, 0.3) is 0 Å². The van der Waals surface area contributed by atoms with Gasteiger partial charge in [-0.2, -0.15) is 0 Å². The average Bonchev–Trinajstić information content (AvgIpc) is 3.24. The molecule has 1 heterocycles. The number of benzene rings is 1. The molecule has 0 amide bonds. The highest BCUT2D eigenvalue weighted by atomic mass is 16.5. The molecule has 1 N–H and O–H groups in total. The summed E-state index contributed by atoms with van der Waals surface area (Å²) in [6.07, 6.45) is 3.02. The first-order chi connectivity index (χ1) is 9.63. The molecule has 1 aliphatic carbocycles. The van der Waals surface area contributed by atoms with Crippen molar-refractivity contribution >= 4 is 5.69 Å². The van der Waals surface area contributed by atoms with E-state index in [1.54, 1.807) is 0 Å². The van der Waals surface area contributed by atoms with Gasteiger partial charge >= 0.3 is 0 Å². The molecule has 3 rings (SSSR count). The van der Waals surface area contributed by atoms with E-state index >= 15 is 0 Å². The molecule has 1 aliphatic heterocycles. The van der Waals surface area contributed by atoms with Gasteiger partial charge in [0.1, 0.15) is 0 Å². The molecule has 1 aromatic rings. The van der Waals surface area contributed by atoms with E-state index in [2.05, 4.69) is 49.2 Å². The van der Waals surface area contributed by atoms with Crippen LogP contribution >= 0.6 is 0 Å². The number of hydrogen-bond acceptors (Lipinski definition) is 3. The topological polar surface area (TPSA) is 24.5 Å². The number of morpholine rings is 1. The van der Waals surface area contributed by atoms with Gasteiger partial charge in [-0.25, -0.2) is 0 Å². The predicted octanol–water partition coefficient (Wildman–Crippen LogP) is 2.86. The Labute approximate surface area is 122 Å². The lowest BCUT2D eigenvalue weighted by Crippen LogP contribution is -2.47. The van der Waals surface area contributed by atoms with E-state index < -0.39 is 0 Å². The van der Waals surface area contributed by atoms with Crippen molar-refractivity contribution in [2.24, 2.45) is 0 Å². The van der Waals surface area contributed by atoms with Crippen LogP contribution < -0.4 is 10.2 Å². The first-order valence-electron chi connectivity index (χ1n) is 7.84. The van der Waals surface area contributed by atoms with Crippen LogP contribution in [-0.4, -0.2) is 31.3 Å². The first kappa shape index (κ1) is 13.9. The third-order valence-corrected chi connectivity index (χ3v) is 4.42. The molecule has 0 bridgehead atoms. The fourth-order valence-corrected chi connectivity index (χ4v) is 2.86. The van der Waals surface area contributed by atoms with E-state index in [9.17, 15) is 0 Å². The number of anilines is 1. The summed E-state index contributed by atoms with van der Waals surface area (Å²) >= 11 is 0. The molecule has 3 nitrogen and oxygen atoms in total. The molecule has 0 aromatic heterocycles. The summed E-state index contributed by atoms with van der Waals surface area (Å²) in [5.74, 6) is 0.